The minimum absolute atomic E-state index is 0.184. The monoisotopic (exact) mass is 131 g/mol. The summed E-state index contributed by atoms with van der Waals surface area (Å²) in [4.78, 5) is 10.4. The Balaban J connectivity index is 3.27. The van der Waals surface area contributed by atoms with Gasteiger partial charge in [-0.2, -0.15) is 0 Å². The lowest BCUT2D eigenvalue weighted by molar-refractivity contribution is -0.124. The molecule has 0 radical (unpaired) electrons. The van der Waals surface area contributed by atoms with Crippen LogP contribution < -0.4 is 5.32 Å². The molecule has 0 aliphatic heterocycles. The Hall–Kier alpha value is -0.410. The Morgan fingerprint density at radius 3 is 2.67 bits per heavy atom. The second kappa shape index (κ2) is 4.47. The van der Waals surface area contributed by atoms with Crippen molar-refractivity contribution in [2.24, 2.45) is 0 Å². The Kier molecular flexibility index (Phi) is 4.26. The Morgan fingerprint density at radius 2 is 2.33 bits per heavy atom. The molecule has 0 fully saturated rings. The van der Waals surface area contributed by atoms with Crippen molar-refractivity contribution in [2.75, 3.05) is 13.1 Å². The zero-order chi connectivity index (χ0) is 7.28. The first-order valence-corrected chi connectivity index (χ1v) is 3.07. The van der Waals surface area contributed by atoms with Gasteiger partial charge in [0.25, 0.3) is 0 Å². The van der Waals surface area contributed by atoms with Crippen LogP contribution in [0.25, 0.3) is 0 Å². The average molecular weight is 131 g/mol. The van der Waals surface area contributed by atoms with Gasteiger partial charge in [0.15, 0.2) is 5.78 Å². The van der Waals surface area contributed by atoms with Crippen molar-refractivity contribution in [3.63, 3.8) is 0 Å². The van der Waals surface area contributed by atoms with Gasteiger partial charge in [0, 0.05) is 6.54 Å². The predicted molar refractivity (Wildman–Crippen MR) is 35.2 cm³/mol. The van der Waals surface area contributed by atoms with E-state index in [4.69, 9.17) is 5.11 Å². The minimum Gasteiger partial charge on any atom is -0.384 e. The molecule has 2 N–H and O–H groups in total. The van der Waals surface area contributed by atoms with Gasteiger partial charge < -0.3 is 10.4 Å². The number of Topliss-reactive ketones (excluding diaryl/α,β-unsaturated/α-hetero) is 1. The molecule has 0 amide bonds. The maximum atomic E-state index is 10.4. The minimum atomic E-state index is -0.829. The molecule has 0 aromatic rings. The van der Waals surface area contributed by atoms with Crippen LogP contribution in [0.15, 0.2) is 0 Å². The third kappa shape index (κ3) is 4.12. The summed E-state index contributed by atoms with van der Waals surface area (Å²) >= 11 is 0. The standard InChI is InChI=1S/C6H13NO2/c1-3-7-4-6(9)5(2)8/h6-7,9H,3-4H2,1-2H3. The normalized spacial score (nSPS) is 13.2. The number of ketones is 1. The summed E-state index contributed by atoms with van der Waals surface area (Å²) in [6.07, 6.45) is -0.829. The van der Waals surface area contributed by atoms with E-state index in [1.54, 1.807) is 0 Å². The van der Waals surface area contributed by atoms with Crippen molar-refractivity contribution in [1.82, 2.24) is 5.32 Å². The zero-order valence-electron chi connectivity index (χ0n) is 5.85. The molecule has 0 aliphatic rings. The fraction of sp³-hybridized carbons (Fsp3) is 0.833. The topological polar surface area (TPSA) is 49.3 Å². The van der Waals surface area contributed by atoms with Gasteiger partial charge >= 0.3 is 0 Å². The highest BCUT2D eigenvalue weighted by Gasteiger charge is 2.06. The molecular formula is C6H13NO2. The third-order valence-electron chi connectivity index (χ3n) is 1.06. The van der Waals surface area contributed by atoms with Crippen molar-refractivity contribution in [3.05, 3.63) is 0 Å². The molecule has 0 saturated heterocycles. The number of rotatable bonds is 4. The fourth-order valence-corrected chi connectivity index (χ4v) is 0.425. The predicted octanol–water partition coefficient (Wildman–Crippen LogP) is -0.454. The van der Waals surface area contributed by atoms with Crippen molar-refractivity contribution in [1.29, 1.82) is 0 Å². The van der Waals surface area contributed by atoms with Gasteiger partial charge in [-0.3, -0.25) is 4.79 Å². The molecule has 0 heterocycles. The third-order valence-corrected chi connectivity index (χ3v) is 1.06. The maximum absolute atomic E-state index is 10.4. The lowest BCUT2D eigenvalue weighted by Gasteiger charge is -2.05. The fourth-order valence-electron chi connectivity index (χ4n) is 0.425. The van der Waals surface area contributed by atoms with Gasteiger partial charge in [0.1, 0.15) is 6.10 Å². The van der Waals surface area contributed by atoms with E-state index in [2.05, 4.69) is 5.32 Å². The first-order chi connectivity index (χ1) is 4.18. The molecule has 3 heteroatoms. The summed E-state index contributed by atoms with van der Waals surface area (Å²) in [5.41, 5.74) is 0. The highest BCUT2D eigenvalue weighted by atomic mass is 16.3. The van der Waals surface area contributed by atoms with Crippen molar-refractivity contribution in [2.45, 2.75) is 20.0 Å². The second-order valence-corrected chi connectivity index (χ2v) is 1.93. The van der Waals surface area contributed by atoms with Crippen LogP contribution in [0.1, 0.15) is 13.8 Å². The smallest absolute Gasteiger partial charge is 0.159 e. The van der Waals surface area contributed by atoms with Gasteiger partial charge in [0.05, 0.1) is 0 Å². The van der Waals surface area contributed by atoms with Crippen LogP contribution in [0.4, 0.5) is 0 Å². The molecule has 0 aromatic heterocycles. The van der Waals surface area contributed by atoms with Gasteiger partial charge in [-0.1, -0.05) is 6.92 Å². The lowest BCUT2D eigenvalue weighted by Crippen LogP contribution is -2.31. The number of hydrogen-bond donors (Lipinski definition) is 2. The quantitative estimate of drug-likeness (QED) is 0.543. The molecular weight excluding hydrogens is 118 g/mol. The number of likely N-dealkylation sites (N-methyl/N-ethyl adjacent to an activating group) is 1. The van der Waals surface area contributed by atoms with E-state index in [0.717, 1.165) is 6.54 Å². The zero-order valence-corrected chi connectivity index (χ0v) is 5.85. The SMILES string of the molecule is CCNCC(O)C(C)=O. The molecule has 3 nitrogen and oxygen atoms in total. The molecule has 0 aliphatic carbocycles. The lowest BCUT2D eigenvalue weighted by atomic mass is 10.2. The van der Waals surface area contributed by atoms with E-state index in [0.29, 0.717) is 6.54 Å². The Bertz CT molecular complexity index is 93.1. The maximum Gasteiger partial charge on any atom is 0.159 e. The summed E-state index contributed by atoms with van der Waals surface area (Å²) in [6, 6.07) is 0. The molecule has 0 saturated carbocycles. The van der Waals surface area contributed by atoms with E-state index < -0.39 is 6.10 Å². The van der Waals surface area contributed by atoms with E-state index in [9.17, 15) is 4.79 Å². The molecule has 1 atom stereocenters. The summed E-state index contributed by atoms with van der Waals surface area (Å²) in [5, 5.41) is 11.7. The van der Waals surface area contributed by atoms with E-state index in [1.165, 1.54) is 6.92 Å². The first kappa shape index (κ1) is 8.59. The molecule has 0 bridgehead atoms. The summed E-state index contributed by atoms with van der Waals surface area (Å²) in [6.45, 7) is 4.45. The van der Waals surface area contributed by atoms with Crippen LogP contribution in [0, 0.1) is 0 Å². The van der Waals surface area contributed by atoms with E-state index in [-0.39, 0.29) is 5.78 Å². The highest BCUT2D eigenvalue weighted by molar-refractivity contribution is 5.80. The summed E-state index contributed by atoms with van der Waals surface area (Å²) in [5.74, 6) is -0.184. The van der Waals surface area contributed by atoms with Crippen LogP contribution in [-0.4, -0.2) is 30.1 Å². The molecule has 0 spiro atoms. The van der Waals surface area contributed by atoms with Crippen LogP contribution in [0.2, 0.25) is 0 Å². The number of carbonyl (C=O) groups is 1. The summed E-state index contributed by atoms with van der Waals surface area (Å²) < 4.78 is 0. The van der Waals surface area contributed by atoms with Crippen LogP contribution in [0.3, 0.4) is 0 Å². The summed E-state index contributed by atoms with van der Waals surface area (Å²) in [7, 11) is 0. The van der Waals surface area contributed by atoms with Gasteiger partial charge in [-0.05, 0) is 13.5 Å². The Labute approximate surface area is 55.1 Å². The molecule has 0 aromatic carbocycles. The Morgan fingerprint density at radius 1 is 1.78 bits per heavy atom. The van der Waals surface area contributed by atoms with E-state index >= 15 is 0 Å². The highest BCUT2D eigenvalue weighted by Crippen LogP contribution is 1.80. The van der Waals surface area contributed by atoms with Crippen molar-refractivity contribution < 1.29 is 9.90 Å². The molecule has 54 valence electrons. The first-order valence-electron chi connectivity index (χ1n) is 3.07. The van der Waals surface area contributed by atoms with Crippen molar-refractivity contribution >= 4 is 5.78 Å². The number of carbonyl (C=O) groups excluding carboxylic acids is 1. The number of aliphatic hydroxyl groups excluding tert-OH is 1. The molecule has 0 rings (SSSR count). The van der Waals surface area contributed by atoms with Gasteiger partial charge in [-0.25, -0.2) is 0 Å². The van der Waals surface area contributed by atoms with Crippen molar-refractivity contribution in [3.8, 4) is 0 Å². The number of aliphatic hydroxyl groups is 1. The van der Waals surface area contributed by atoms with Gasteiger partial charge in [-0.15, -0.1) is 0 Å². The molecule has 1 unspecified atom stereocenters. The average Bonchev–Trinajstić information content (AvgIpc) is 1.82. The van der Waals surface area contributed by atoms with Crippen LogP contribution in [0.5, 0.6) is 0 Å². The number of hydrogen-bond acceptors (Lipinski definition) is 3. The van der Waals surface area contributed by atoms with Crippen LogP contribution in [-0.2, 0) is 4.79 Å². The number of nitrogens with one attached hydrogen (secondary N) is 1. The van der Waals surface area contributed by atoms with E-state index in [1.807, 2.05) is 6.92 Å². The second-order valence-electron chi connectivity index (χ2n) is 1.93. The molecule has 9 heavy (non-hydrogen) atoms. The largest absolute Gasteiger partial charge is 0.384 e. The van der Waals surface area contributed by atoms with Crippen LogP contribution >= 0.6 is 0 Å². The van der Waals surface area contributed by atoms with Gasteiger partial charge in [0.2, 0.25) is 0 Å².